The van der Waals surface area contributed by atoms with Gasteiger partial charge < -0.3 is 14.6 Å². The van der Waals surface area contributed by atoms with Crippen molar-refractivity contribution in [3.8, 4) is 0 Å². The highest BCUT2D eigenvalue weighted by Crippen LogP contribution is 2.24. The van der Waals surface area contributed by atoms with E-state index in [1.807, 2.05) is 0 Å². The number of ether oxygens (including phenoxy) is 2. The van der Waals surface area contributed by atoms with E-state index in [9.17, 15) is 14.7 Å². The Morgan fingerprint density at radius 3 is 1.88 bits per heavy atom. The number of esters is 1. The molecule has 0 spiro atoms. The second-order valence-corrected chi connectivity index (χ2v) is 9.07. The fourth-order valence-electron chi connectivity index (χ4n) is 4.33. The first-order valence-electron chi connectivity index (χ1n) is 13.0. The number of hydrogen-bond donors (Lipinski definition) is 2. The van der Waals surface area contributed by atoms with Gasteiger partial charge in [-0.1, -0.05) is 78.1 Å². The predicted molar refractivity (Wildman–Crippen MR) is 131 cm³/mol. The van der Waals surface area contributed by atoms with Crippen molar-refractivity contribution < 1.29 is 24.2 Å². The fraction of sp³-hybridized carbons (Fsp3) is 0.704. The highest BCUT2D eigenvalue weighted by molar-refractivity contribution is 6.02. The van der Waals surface area contributed by atoms with Crippen LogP contribution in [0.2, 0.25) is 0 Å². The van der Waals surface area contributed by atoms with Crippen molar-refractivity contribution in [2.75, 3.05) is 13.2 Å². The molecule has 0 radical (unpaired) electrons. The summed E-state index contributed by atoms with van der Waals surface area (Å²) in [7, 11) is 0. The Kier molecular flexibility index (Phi) is 13.1. The monoisotopic (exact) mass is 461 g/mol. The predicted octanol–water partition coefficient (Wildman–Crippen LogP) is 6.25. The quantitative estimate of drug-likeness (QED) is 0.211. The summed E-state index contributed by atoms with van der Waals surface area (Å²) in [6.45, 7) is 5.49. The molecule has 1 unspecified atom stereocenters. The molecular weight excluding hydrogens is 418 g/mol. The number of benzene rings is 1. The van der Waals surface area contributed by atoms with Gasteiger partial charge in [-0.2, -0.15) is 0 Å². The number of hydrogen-bond acceptors (Lipinski definition) is 5. The molecule has 1 heterocycles. The highest BCUT2D eigenvalue weighted by atomic mass is 16.7. The van der Waals surface area contributed by atoms with Gasteiger partial charge in [0, 0.05) is 6.54 Å². The summed E-state index contributed by atoms with van der Waals surface area (Å²) in [6.07, 6.45) is 15.2. The summed E-state index contributed by atoms with van der Waals surface area (Å²) in [6, 6.07) is 3.47. The number of carboxylic acid groups (broad SMARTS) is 1. The Bertz CT molecular complexity index is 727. The van der Waals surface area contributed by atoms with Gasteiger partial charge in [0.15, 0.2) is 0 Å². The van der Waals surface area contributed by atoms with E-state index in [0.717, 1.165) is 49.7 Å². The van der Waals surface area contributed by atoms with Crippen LogP contribution in [0.5, 0.6) is 0 Å². The first-order valence-corrected chi connectivity index (χ1v) is 13.0. The standard InChI is InChI=1S/C27H43NO5/c1-3-5-7-9-11-13-15-21-19-23(25(29)30)24(26(31)33-27-28-17-18-32-27)20-22(21)16-14-12-10-8-6-4-2/h19-20,27-28H,3-18H2,1-2H3,(H,29,30). The molecule has 1 aliphatic rings. The average molecular weight is 462 g/mol. The van der Waals surface area contributed by atoms with E-state index in [-0.39, 0.29) is 11.1 Å². The van der Waals surface area contributed by atoms with E-state index < -0.39 is 18.4 Å². The number of aromatic carboxylic acids is 1. The molecule has 0 bridgehead atoms. The molecule has 1 aromatic rings. The van der Waals surface area contributed by atoms with Gasteiger partial charge in [0.25, 0.3) is 6.41 Å². The third-order valence-electron chi connectivity index (χ3n) is 6.29. The zero-order valence-electron chi connectivity index (χ0n) is 20.6. The second kappa shape index (κ2) is 15.8. The van der Waals surface area contributed by atoms with E-state index in [1.54, 1.807) is 12.1 Å². The minimum atomic E-state index is -1.10. The van der Waals surface area contributed by atoms with Crippen LogP contribution < -0.4 is 5.32 Å². The molecular formula is C27H43NO5. The molecule has 1 saturated heterocycles. The minimum absolute atomic E-state index is 0.0191. The molecule has 0 saturated carbocycles. The maximum atomic E-state index is 12.8. The number of aryl methyl sites for hydroxylation is 2. The maximum Gasteiger partial charge on any atom is 0.342 e. The number of nitrogens with one attached hydrogen (secondary N) is 1. The number of carbonyl (C=O) groups is 2. The van der Waals surface area contributed by atoms with Crippen LogP contribution in [-0.2, 0) is 22.3 Å². The number of carboxylic acids is 1. The molecule has 1 aliphatic heterocycles. The van der Waals surface area contributed by atoms with E-state index in [2.05, 4.69) is 19.2 Å². The molecule has 2 N–H and O–H groups in total. The van der Waals surface area contributed by atoms with Crippen molar-refractivity contribution in [2.45, 2.75) is 110 Å². The first kappa shape index (κ1) is 27.3. The molecule has 6 heteroatoms. The lowest BCUT2D eigenvalue weighted by molar-refractivity contribution is -0.0883. The minimum Gasteiger partial charge on any atom is -0.478 e. The van der Waals surface area contributed by atoms with Gasteiger partial charge in [0.1, 0.15) is 0 Å². The number of carbonyl (C=O) groups excluding carboxylic acids is 1. The third-order valence-corrected chi connectivity index (χ3v) is 6.29. The van der Waals surface area contributed by atoms with Crippen molar-refractivity contribution in [3.05, 3.63) is 34.4 Å². The lowest BCUT2D eigenvalue weighted by Crippen LogP contribution is -2.29. The van der Waals surface area contributed by atoms with Gasteiger partial charge in [0.2, 0.25) is 0 Å². The van der Waals surface area contributed by atoms with Crippen LogP contribution in [0.3, 0.4) is 0 Å². The summed E-state index contributed by atoms with van der Waals surface area (Å²) in [5, 5.41) is 12.7. The van der Waals surface area contributed by atoms with E-state index >= 15 is 0 Å². The van der Waals surface area contributed by atoms with Crippen molar-refractivity contribution >= 4 is 11.9 Å². The first-order chi connectivity index (χ1) is 16.1. The Hall–Kier alpha value is -1.92. The topological polar surface area (TPSA) is 84.9 Å². The van der Waals surface area contributed by atoms with Crippen LogP contribution in [0.4, 0.5) is 0 Å². The van der Waals surface area contributed by atoms with Crippen LogP contribution in [0, 0.1) is 0 Å². The normalized spacial score (nSPS) is 15.6. The molecule has 0 amide bonds. The Balaban J connectivity index is 2.12. The SMILES string of the molecule is CCCCCCCCc1cc(C(=O)O)c(C(=O)OC2NCCO2)cc1CCCCCCCC. The molecule has 186 valence electrons. The maximum absolute atomic E-state index is 12.8. The molecule has 1 fully saturated rings. The summed E-state index contributed by atoms with van der Waals surface area (Å²) in [4.78, 5) is 24.8. The van der Waals surface area contributed by atoms with Gasteiger partial charge in [-0.25, -0.2) is 9.59 Å². The number of unbranched alkanes of at least 4 members (excludes halogenated alkanes) is 10. The second-order valence-electron chi connectivity index (χ2n) is 9.07. The summed E-state index contributed by atoms with van der Waals surface area (Å²) in [5.74, 6) is -1.75. The molecule has 2 rings (SSSR count). The lowest BCUT2D eigenvalue weighted by Gasteiger charge is -2.16. The van der Waals surface area contributed by atoms with Crippen LogP contribution >= 0.6 is 0 Å². The molecule has 0 aromatic heterocycles. The molecule has 1 atom stereocenters. The Labute approximate surface area is 199 Å². The number of rotatable bonds is 17. The van der Waals surface area contributed by atoms with Crippen molar-refractivity contribution in [1.29, 1.82) is 0 Å². The van der Waals surface area contributed by atoms with Crippen LogP contribution in [0.1, 0.15) is 123 Å². The van der Waals surface area contributed by atoms with Crippen molar-refractivity contribution in [1.82, 2.24) is 5.32 Å². The van der Waals surface area contributed by atoms with E-state index in [0.29, 0.717) is 13.2 Å². The molecule has 1 aromatic carbocycles. The van der Waals surface area contributed by atoms with Gasteiger partial charge >= 0.3 is 11.9 Å². The fourth-order valence-corrected chi connectivity index (χ4v) is 4.33. The molecule has 6 nitrogen and oxygen atoms in total. The van der Waals surface area contributed by atoms with Gasteiger partial charge in [-0.3, -0.25) is 5.32 Å². The van der Waals surface area contributed by atoms with Crippen molar-refractivity contribution in [2.24, 2.45) is 0 Å². The van der Waals surface area contributed by atoms with E-state index in [4.69, 9.17) is 9.47 Å². The van der Waals surface area contributed by atoms with E-state index in [1.165, 1.54) is 51.4 Å². The Morgan fingerprint density at radius 2 is 1.39 bits per heavy atom. The van der Waals surface area contributed by atoms with Crippen LogP contribution in [0.25, 0.3) is 0 Å². The van der Waals surface area contributed by atoms with Crippen LogP contribution in [-0.4, -0.2) is 36.6 Å². The van der Waals surface area contributed by atoms with Gasteiger partial charge in [-0.15, -0.1) is 0 Å². The summed E-state index contributed by atoms with van der Waals surface area (Å²) in [5.41, 5.74) is 2.28. The van der Waals surface area contributed by atoms with Gasteiger partial charge in [-0.05, 0) is 48.9 Å². The van der Waals surface area contributed by atoms with Crippen LogP contribution in [0.15, 0.2) is 12.1 Å². The Morgan fingerprint density at radius 1 is 0.879 bits per heavy atom. The largest absolute Gasteiger partial charge is 0.478 e. The zero-order chi connectivity index (χ0) is 23.9. The molecule has 0 aliphatic carbocycles. The summed E-state index contributed by atoms with van der Waals surface area (Å²) >= 11 is 0. The highest BCUT2D eigenvalue weighted by Gasteiger charge is 2.25. The lowest BCUT2D eigenvalue weighted by atomic mass is 9.91. The summed E-state index contributed by atoms with van der Waals surface area (Å²) < 4.78 is 10.7. The smallest absolute Gasteiger partial charge is 0.342 e. The zero-order valence-corrected chi connectivity index (χ0v) is 20.6. The average Bonchev–Trinajstić information content (AvgIpc) is 3.31. The van der Waals surface area contributed by atoms with Crippen molar-refractivity contribution in [3.63, 3.8) is 0 Å². The molecule has 33 heavy (non-hydrogen) atoms. The third kappa shape index (κ3) is 9.85. The van der Waals surface area contributed by atoms with Gasteiger partial charge in [0.05, 0.1) is 17.7 Å².